The number of nitrogens with one attached hydrogen (secondary N) is 2. The van der Waals surface area contributed by atoms with Crippen LogP contribution in [0.25, 0.3) is 0 Å². The van der Waals surface area contributed by atoms with Gasteiger partial charge in [-0.3, -0.25) is 5.32 Å². The van der Waals surface area contributed by atoms with Crippen molar-refractivity contribution in [3.8, 4) is 5.75 Å². The van der Waals surface area contributed by atoms with E-state index >= 15 is 0 Å². The number of carbonyl (C=O) groups excluding carboxylic acids is 1. The van der Waals surface area contributed by atoms with Crippen LogP contribution < -0.4 is 15.4 Å². The van der Waals surface area contributed by atoms with Crippen LogP contribution in [-0.4, -0.2) is 33.2 Å². The van der Waals surface area contributed by atoms with E-state index in [0.717, 1.165) is 25.7 Å². The molecule has 9 heteroatoms. The normalized spacial score (nSPS) is 15.9. The number of anilines is 1. The molecule has 128 valence electrons. The van der Waals surface area contributed by atoms with Gasteiger partial charge in [-0.15, -0.1) is 0 Å². The SMILES string of the molecule is CCc1nc(C2(NC(=O)Nc3ncc(OC)cn3)CCCC2)no1. The van der Waals surface area contributed by atoms with E-state index in [4.69, 9.17) is 9.26 Å². The fourth-order valence-electron chi connectivity index (χ4n) is 2.81. The fourth-order valence-corrected chi connectivity index (χ4v) is 2.81. The van der Waals surface area contributed by atoms with Gasteiger partial charge in [0.2, 0.25) is 11.8 Å². The summed E-state index contributed by atoms with van der Waals surface area (Å²) in [6.07, 6.45) is 7.17. The predicted octanol–water partition coefficient (Wildman–Crippen LogP) is 2.02. The third kappa shape index (κ3) is 3.29. The highest BCUT2D eigenvalue weighted by Gasteiger charge is 2.41. The van der Waals surface area contributed by atoms with Crippen molar-refractivity contribution in [3.63, 3.8) is 0 Å². The van der Waals surface area contributed by atoms with E-state index < -0.39 is 11.6 Å². The number of hydrogen-bond donors (Lipinski definition) is 2. The summed E-state index contributed by atoms with van der Waals surface area (Å²) in [5.41, 5.74) is -0.604. The number of methoxy groups -OCH3 is 1. The summed E-state index contributed by atoms with van der Waals surface area (Å²) in [6.45, 7) is 1.94. The van der Waals surface area contributed by atoms with E-state index in [2.05, 4.69) is 30.7 Å². The molecule has 2 aromatic heterocycles. The van der Waals surface area contributed by atoms with E-state index in [-0.39, 0.29) is 5.95 Å². The van der Waals surface area contributed by atoms with Gasteiger partial charge >= 0.3 is 6.03 Å². The summed E-state index contributed by atoms with van der Waals surface area (Å²) in [5, 5.41) is 9.65. The van der Waals surface area contributed by atoms with Crippen LogP contribution in [0.15, 0.2) is 16.9 Å². The van der Waals surface area contributed by atoms with Crippen molar-refractivity contribution in [2.75, 3.05) is 12.4 Å². The number of hydrogen-bond acceptors (Lipinski definition) is 7. The molecule has 2 aromatic rings. The number of aromatic nitrogens is 4. The molecular formula is C15H20N6O3. The van der Waals surface area contributed by atoms with Gasteiger partial charge in [0.15, 0.2) is 11.6 Å². The molecule has 0 aromatic carbocycles. The molecule has 9 nitrogen and oxygen atoms in total. The monoisotopic (exact) mass is 332 g/mol. The molecule has 0 bridgehead atoms. The third-order valence-corrected chi connectivity index (χ3v) is 4.10. The van der Waals surface area contributed by atoms with Gasteiger partial charge in [0.25, 0.3) is 0 Å². The Morgan fingerprint density at radius 2 is 2.04 bits per heavy atom. The molecular weight excluding hydrogens is 312 g/mol. The lowest BCUT2D eigenvalue weighted by atomic mass is 9.97. The van der Waals surface area contributed by atoms with Gasteiger partial charge in [-0.25, -0.2) is 14.8 Å². The Balaban J connectivity index is 1.71. The van der Waals surface area contributed by atoms with Crippen LogP contribution in [0.2, 0.25) is 0 Å². The molecule has 2 N–H and O–H groups in total. The quantitative estimate of drug-likeness (QED) is 0.860. The Morgan fingerprint density at radius 1 is 1.33 bits per heavy atom. The van der Waals surface area contributed by atoms with E-state index in [9.17, 15) is 4.79 Å². The minimum atomic E-state index is -0.604. The first-order chi connectivity index (χ1) is 11.6. The number of ether oxygens (including phenoxy) is 1. The van der Waals surface area contributed by atoms with Crippen molar-refractivity contribution in [2.45, 2.75) is 44.6 Å². The van der Waals surface area contributed by atoms with Gasteiger partial charge < -0.3 is 14.6 Å². The van der Waals surface area contributed by atoms with Crippen molar-refractivity contribution in [1.29, 1.82) is 0 Å². The zero-order valence-electron chi connectivity index (χ0n) is 13.7. The maximum atomic E-state index is 12.4. The average Bonchev–Trinajstić information content (AvgIpc) is 3.25. The zero-order valence-corrected chi connectivity index (χ0v) is 13.7. The van der Waals surface area contributed by atoms with Crippen LogP contribution in [0, 0.1) is 0 Å². The molecule has 0 aliphatic heterocycles. The number of aryl methyl sites for hydroxylation is 1. The highest BCUT2D eigenvalue weighted by Crippen LogP contribution is 2.37. The summed E-state index contributed by atoms with van der Waals surface area (Å²) in [7, 11) is 1.53. The molecule has 0 radical (unpaired) electrons. The molecule has 24 heavy (non-hydrogen) atoms. The molecule has 1 fully saturated rings. The summed E-state index contributed by atoms with van der Waals surface area (Å²) >= 11 is 0. The number of rotatable bonds is 5. The number of urea groups is 1. The smallest absolute Gasteiger partial charge is 0.322 e. The lowest BCUT2D eigenvalue weighted by Crippen LogP contribution is -2.46. The van der Waals surface area contributed by atoms with E-state index in [1.54, 1.807) is 0 Å². The van der Waals surface area contributed by atoms with Crippen LogP contribution in [-0.2, 0) is 12.0 Å². The Hall–Kier alpha value is -2.71. The molecule has 0 spiro atoms. The second kappa shape index (κ2) is 6.81. The maximum Gasteiger partial charge on any atom is 0.322 e. The first-order valence-corrected chi connectivity index (χ1v) is 7.93. The molecule has 1 aliphatic rings. The molecule has 3 rings (SSSR count). The van der Waals surface area contributed by atoms with Gasteiger partial charge in [-0.2, -0.15) is 4.98 Å². The number of amides is 2. The number of carbonyl (C=O) groups is 1. The maximum absolute atomic E-state index is 12.4. The van der Waals surface area contributed by atoms with Gasteiger partial charge in [-0.1, -0.05) is 24.9 Å². The van der Waals surface area contributed by atoms with E-state index in [1.165, 1.54) is 19.5 Å². The van der Waals surface area contributed by atoms with Crippen LogP contribution >= 0.6 is 0 Å². The summed E-state index contributed by atoms with van der Waals surface area (Å²) in [4.78, 5) is 24.8. The van der Waals surface area contributed by atoms with Crippen molar-refractivity contribution < 1.29 is 14.1 Å². The van der Waals surface area contributed by atoms with Gasteiger partial charge in [0.1, 0.15) is 5.54 Å². The van der Waals surface area contributed by atoms with Gasteiger partial charge in [0.05, 0.1) is 19.5 Å². The highest BCUT2D eigenvalue weighted by atomic mass is 16.5. The topological polar surface area (TPSA) is 115 Å². The summed E-state index contributed by atoms with van der Waals surface area (Å²) in [6, 6.07) is -0.398. The number of nitrogens with zero attached hydrogens (tertiary/aromatic N) is 4. The van der Waals surface area contributed by atoms with Gasteiger partial charge in [-0.05, 0) is 12.8 Å². The minimum Gasteiger partial charge on any atom is -0.494 e. The van der Waals surface area contributed by atoms with Crippen LogP contribution in [0.1, 0.15) is 44.3 Å². The lowest BCUT2D eigenvalue weighted by Gasteiger charge is -2.26. The van der Waals surface area contributed by atoms with Crippen LogP contribution in [0.3, 0.4) is 0 Å². The molecule has 0 atom stereocenters. The minimum absolute atomic E-state index is 0.198. The molecule has 2 heterocycles. The van der Waals surface area contributed by atoms with Crippen molar-refractivity contribution in [2.24, 2.45) is 0 Å². The molecule has 0 saturated heterocycles. The van der Waals surface area contributed by atoms with Crippen molar-refractivity contribution in [3.05, 3.63) is 24.1 Å². The van der Waals surface area contributed by atoms with E-state index in [1.807, 2.05) is 6.92 Å². The largest absolute Gasteiger partial charge is 0.494 e. The van der Waals surface area contributed by atoms with Crippen LogP contribution in [0.5, 0.6) is 5.75 Å². The first kappa shape index (κ1) is 16.2. The molecule has 2 amide bonds. The molecule has 1 saturated carbocycles. The summed E-state index contributed by atoms with van der Waals surface area (Å²) < 4.78 is 10.2. The Kier molecular flexibility index (Phi) is 4.59. The van der Waals surface area contributed by atoms with Gasteiger partial charge in [0, 0.05) is 6.42 Å². The second-order valence-electron chi connectivity index (χ2n) is 5.68. The van der Waals surface area contributed by atoms with Crippen LogP contribution in [0.4, 0.5) is 10.7 Å². The van der Waals surface area contributed by atoms with E-state index in [0.29, 0.717) is 23.9 Å². The Labute approximate surface area is 139 Å². The second-order valence-corrected chi connectivity index (χ2v) is 5.68. The Morgan fingerprint density at radius 3 is 2.62 bits per heavy atom. The predicted molar refractivity (Wildman–Crippen MR) is 84.6 cm³/mol. The molecule has 0 unspecified atom stereocenters. The Bertz CT molecular complexity index is 693. The average molecular weight is 332 g/mol. The third-order valence-electron chi connectivity index (χ3n) is 4.10. The fraction of sp³-hybridized carbons (Fsp3) is 0.533. The molecule has 1 aliphatic carbocycles. The van der Waals surface area contributed by atoms with Crippen molar-refractivity contribution in [1.82, 2.24) is 25.4 Å². The highest BCUT2D eigenvalue weighted by molar-refractivity contribution is 5.88. The first-order valence-electron chi connectivity index (χ1n) is 7.93. The van der Waals surface area contributed by atoms with Crippen molar-refractivity contribution >= 4 is 12.0 Å². The zero-order chi connectivity index (χ0) is 17.0. The summed E-state index contributed by atoms with van der Waals surface area (Å²) in [5.74, 6) is 1.82. The lowest BCUT2D eigenvalue weighted by molar-refractivity contribution is 0.232. The standard InChI is InChI=1S/C15H20N6O3/c1-3-11-18-12(21-24-11)15(6-4-5-7-15)20-14(22)19-13-16-8-10(23-2)9-17-13/h8-9H,3-7H2,1-2H3,(H2,16,17,19,20,22).